The lowest BCUT2D eigenvalue weighted by Crippen LogP contribution is -2.46. The molecule has 1 saturated carbocycles. The van der Waals surface area contributed by atoms with Gasteiger partial charge in [0.05, 0.1) is 23.1 Å². The molecule has 6 nitrogen and oxygen atoms in total. The standard InChI is InChI=1S/C23H21N3O3S2/c24-15-23(10-4-5-11-23)26-19(27)14-29-20(28)13-18-21(17-9-6-12-30-17)25-22(31-18)16-7-2-1-3-8-16/h1-3,6-9,12H,4-5,10-11,13-14H2,(H,26,27). The molecular weight excluding hydrogens is 430 g/mol. The molecule has 2 heterocycles. The predicted molar refractivity (Wildman–Crippen MR) is 120 cm³/mol. The number of thiophene rings is 1. The number of esters is 1. The van der Waals surface area contributed by atoms with Crippen LogP contribution in [0, 0.1) is 11.3 Å². The van der Waals surface area contributed by atoms with E-state index >= 15 is 0 Å². The van der Waals surface area contributed by atoms with Gasteiger partial charge < -0.3 is 10.1 Å². The number of aromatic nitrogens is 1. The van der Waals surface area contributed by atoms with Crippen LogP contribution in [0.4, 0.5) is 0 Å². The minimum Gasteiger partial charge on any atom is -0.455 e. The van der Waals surface area contributed by atoms with Crippen LogP contribution in [-0.4, -0.2) is 29.0 Å². The summed E-state index contributed by atoms with van der Waals surface area (Å²) in [4.78, 5) is 31.3. The Morgan fingerprint density at radius 2 is 1.94 bits per heavy atom. The van der Waals surface area contributed by atoms with Crippen molar-refractivity contribution in [1.82, 2.24) is 10.3 Å². The number of ether oxygens (including phenoxy) is 1. The maximum absolute atomic E-state index is 12.5. The van der Waals surface area contributed by atoms with Gasteiger partial charge in [0.25, 0.3) is 5.91 Å². The van der Waals surface area contributed by atoms with E-state index in [1.807, 2.05) is 47.8 Å². The van der Waals surface area contributed by atoms with Gasteiger partial charge in [0, 0.05) is 10.4 Å². The lowest BCUT2D eigenvalue weighted by Gasteiger charge is -2.21. The molecule has 31 heavy (non-hydrogen) atoms. The predicted octanol–water partition coefficient (Wildman–Crippen LogP) is 4.58. The smallest absolute Gasteiger partial charge is 0.311 e. The molecule has 8 heteroatoms. The lowest BCUT2D eigenvalue weighted by molar-refractivity contribution is -0.148. The molecule has 1 aliphatic rings. The monoisotopic (exact) mass is 451 g/mol. The molecule has 0 unspecified atom stereocenters. The number of carbonyl (C=O) groups is 2. The van der Waals surface area contributed by atoms with Crippen LogP contribution in [0.1, 0.15) is 30.6 Å². The van der Waals surface area contributed by atoms with E-state index in [1.54, 1.807) is 11.3 Å². The van der Waals surface area contributed by atoms with Crippen molar-refractivity contribution in [2.24, 2.45) is 0 Å². The largest absolute Gasteiger partial charge is 0.455 e. The van der Waals surface area contributed by atoms with E-state index in [4.69, 9.17) is 9.72 Å². The number of rotatable bonds is 7. The van der Waals surface area contributed by atoms with Crippen molar-refractivity contribution in [3.8, 4) is 27.2 Å². The van der Waals surface area contributed by atoms with Crippen LogP contribution in [0.5, 0.6) is 0 Å². The summed E-state index contributed by atoms with van der Waals surface area (Å²) in [6.07, 6.45) is 3.13. The summed E-state index contributed by atoms with van der Waals surface area (Å²) in [6.45, 7) is -0.388. The number of carbonyl (C=O) groups excluding carboxylic acids is 2. The lowest BCUT2D eigenvalue weighted by atomic mass is 10.00. The van der Waals surface area contributed by atoms with Gasteiger partial charge in [0.1, 0.15) is 10.5 Å². The molecule has 1 amide bonds. The minimum absolute atomic E-state index is 0.0361. The molecular formula is C23H21N3O3S2. The molecule has 0 spiro atoms. The normalized spacial score (nSPS) is 14.7. The molecule has 0 saturated heterocycles. The van der Waals surface area contributed by atoms with Gasteiger partial charge in [-0.15, -0.1) is 22.7 Å². The first kappa shape index (κ1) is 21.2. The van der Waals surface area contributed by atoms with Gasteiger partial charge in [0.2, 0.25) is 0 Å². The Hall–Kier alpha value is -3.02. The van der Waals surface area contributed by atoms with Gasteiger partial charge in [-0.3, -0.25) is 9.59 Å². The molecule has 2 aromatic heterocycles. The summed E-state index contributed by atoms with van der Waals surface area (Å²) in [5.74, 6) is -0.932. The Kier molecular flexibility index (Phi) is 6.44. The highest BCUT2D eigenvalue weighted by atomic mass is 32.1. The fourth-order valence-electron chi connectivity index (χ4n) is 3.66. The summed E-state index contributed by atoms with van der Waals surface area (Å²) in [7, 11) is 0. The molecule has 4 rings (SSSR count). The van der Waals surface area contributed by atoms with Crippen LogP contribution < -0.4 is 5.32 Å². The van der Waals surface area contributed by atoms with Crippen molar-refractivity contribution >= 4 is 34.6 Å². The van der Waals surface area contributed by atoms with Gasteiger partial charge in [-0.25, -0.2) is 4.98 Å². The second-order valence-electron chi connectivity index (χ2n) is 7.42. The molecule has 1 aliphatic carbocycles. The quantitative estimate of drug-likeness (QED) is 0.531. The molecule has 1 aromatic carbocycles. The topological polar surface area (TPSA) is 92.1 Å². The fraction of sp³-hybridized carbons (Fsp3) is 0.304. The third-order valence-electron chi connectivity index (χ3n) is 5.19. The van der Waals surface area contributed by atoms with E-state index in [0.29, 0.717) is 12.8 Å². The average Bonchev–Trinajstić information content (AvgIpc) is 3.54. The third-order valence-corrected chi connectivity index (χ3v) is 7.17. The Morgan fingerprint density at radius 1 is 1.16 bits per heavy atom. The van der Waals surface area contributed by atoms with E-state index in [-0.39, 0.29) is 13.0 Å². The molecule has 3 aromatic rings. The van der Waals surface area contributed by atoms with Crippen LogP contribution in [-0.2, 0) is 20.7 Å². The van der Waals surface area contributed by atoms with Crippen molar-refractivity contribution in [2.45, 2.75) is 37.6 Å². The van der Waals surface area contributed by atoms with Crippen LogP contribution in [0.2, 0.25) is 0 Å². The Balaban J connectivity index is 1.43. The summed E-state index contributed by atoms with van der Waals surface area (Å²) in [5.41, 5.74) is 0.940. The Morgan fingerprint density at radius 3 is 2.61 bits per heavy atom. The van der Waals surface area contributed by atoms with E-state index in [0.717, 1.165) is 38.9 Å². The highest BCUT2D eigenvalue weighted by Crippen LogP contribution is 2.36. The van der Waals surface area contributed by atoms with Crippen LogP contribution >= 0.6 is 22.7 Å². The minimum atomic E-state index is -0.821. The number of hydrogen-bond donors (Lipinski definition) is 1. The van der Waals surface area contributed by atoms with Crippen LogP contribution in [0.3, 0.4) is 0 Å². The van der Waals surface area contributed by atoms with E-state index in [2.05, 4.69) is 11.4 Å². The second-order valence-corrected chi connectivity index (χ2v) is 9.45. The summed E-state index contributed by atoms with van der Waals surface area (Å²) >= 11 is 3.01. The number of nitriles is 1. The second kappa shape index (κ2) is 9.41. The van der Waals surface area contributed by atoms with Gasteiger partial charge >= 0.3 is 5.97 Å². The molecule has 158 valence electrons. The van der Waals surface area contributed by atoms with Crippen molar-refractivity contribution in [3.63, 3.8) is 0 Å². The zero-order valence-corrected chi connectivity index (χ0v) is 18.4. The zero-order valence-electron chi connectivity index (χ0n) is 16.8. The van der Waals surface area contributed by atoms with Crippen molar-refractivity contribution in [1.29, 1.82) is 5.26 Å². The molecule has 1 fully saturated rings. The third kappa shape index (κ3) is 5.01. The zero-order chi connectivity index (χ0) is 21.7. The average molecular weight is 452 g/mol. The van der Waals surface area contributed by atoms with Gasteiger partial charge in [-0.05, 0) is 37.1 Å². The van der Waals surface area contributed by atoms with Gasteiger partial charge in [-0.2, -0.15) is 5.26 Å². The highest BCUT2D eigenvalue weighted by molar-refractivity contribution is 7.17. The first-order chi connectivity index (χ1) is 15.1. The molecule has 1 N–H and O–H groups in total. The number of hydrogen-bond acceptors (Lipinski definition) is 7. The number of benzene rings is 1. The van der Waals surface area contributed by atoms with Gasteiger partial charge in [0.15, 0.2) is 6.61 Å². The molecule has 0 bridgehead atoms. The van der Waals surface area contributed by atoms with Crippen molar-refractivity contribution in [3.05, 3.63) is 52.7 Å². The Bertz CT molecular complexity index is 1100. The summed E-state index contributed by atoms with van der Waals surface area (Å²) < 4.78 is 5.22. The number of nitrogens with one attached hydrogen (secondary N) is 1. The number of nitrogens with zero attached hydrogens (tertiary/aromatic N) is 2. The first-order valence-electron chi connectivity index (χ1n) is 10.1. The van der Waals surface area contributed by atoms with Gasteiger partial charge in [-0.1, -0.05) is 36.4 Å². The van der Waals surface area contributed by atoms with Crippen LogP contribution in [0.25, 0.3) is 21.1 Å². The number of thiazole rings is 1. The maximum Gasteiger partial charge on any atom is 0.311 e. The highest BCUT2D eigenvalue weighted by Gasteiger charge is 2.35. The Labute approximate surface area is 188 Å². The SMILES string of the molecule is N#CC1(NC(=O)COC(=O)Cc2sc(-c3ccccc3)nc2-c2cccs2)CCCC1. The summed E-state index contributed by atoms with van der Waals surface area (Å²) in [5, 5.41) is 14.9. The molecule has 0 radical (unpaired) electrons. The molecule has 0 atom stereocenters. The van der Waals surface area contributed by atoms with Crippen molar-refractivity contribution < 1.29 is 14.3 Å². The maximum atomic E-state index is 12.5. The van der Waals surface area contributed by atoms with E-state index < -0.39 is 17.4 Å². The van der Waals surface area contributed by atoms with E-state index in [9.17, 15) is 14.9 Å². The van der Waals surface area contributed by atoms with Crippen molar-refractivity contribution in [2.75, 3.05) is 6.61 Å². The first-order valence-corrected chi connectivity index (χ1v) is 11.7. The fourth-order valence-corrected chi connectivity index (χ4v) is 5.53. The van der Waals surface area contributed by atoms with E-state index in [1.165, 1.54) is 11.3 Å². The van der Waals surface area contributed by atoms with Crippen LogP contribution in [0.15, 0.2) is 47.8 Å². The molecule has 0 aliphatic heterocycles. The number of amides is 1. The summed E-state index contributed by atoms with van der Waals surface area (Å²) in [6, 6.07) is 15.9.